The third-order valence-corrected chi connectivity index (χ3v) is 3.67. The molecule has 0 aliphatic heterocycles. The summed E-state index contributed by atoms with van der Waals surface area (Å²) in [6, 6.07) is 10.4. The number of carbonyl (C=O) groups excluding carboxylic acids is 1. The van der Waals surface area contributed by atoms with Gasteiger partial charge in [0.25, 0.3) is 0 Å². The first kappa shape index (κ1) is 16.3. The van der Waals surface area contributed by atoms with Crippen molar-refractivity contribution in [2.45, 2.75) is 6.54 Å². The molecule has 2 heterocycles. The van der Waals surface area contributed by atoms with E-state index >= 15 is 0 Å². The van der Waals surface area contributed by atoms with Gasteiger partial charge >= 0.3 is 0 Å². The number of halogens is 1. The number of rotatable bonds is 5. The first-order valence-electron chi connectivity index (χ1n) is 7.35. The summed E-state index contributed by atoms with van der Waals surface area (Å²) in [5.41, 5.74) is 1.50. The molecule has 0 fully saturated rings. The molecule has 6 nitrogen and oxygen atoms in total. The van der Waals surface area contributed by atoms with Crippen LogP contribution in [0.5, 0.6) is 0 Å². The van der Waals surface area contributed by atoms with Gasteiger partial charge in [0, 0.05) is 16.8 Å². The average molecular weight is 342 g/mol. The first-order chi connectivity index (χ1) is 11.6. The molecule has 0 aliphatic rings. The van der Waals surface area contributed by atoms with E-state index < -0.39 is 0 Å². The van der Waals surface area contributed by atoms with Gasteiger partial charge in [-0.15, -0.1) is 10.2 Å². The second-order valence-corrected chi connectivity index (χ2v) is 6.00. The molecule has 3 rings (SSSR count). The number of aromatic nitrogens is 4. The fraction of sp³-hybridized carbons (Fsp3) is 0.176. The zero-order valence-corrected chi connectivity index (χ0v) is 14.1. The van der Waals surface area contributed by atoms with Crippen LogP contribution >= 0.6 is 11.6 Å². The Hall–Kier alpha value is -2.57. The Morgan fingerprint density at radius 1 is 1.25 bits per heavy atom. The van der Waals surface area contributed by atoms with Gasteiger partial charge < -0.3 is 4.90 Å². The highest BCUT2D eigenvalue weighted by Gasteiger charge is 2.18. The molecule has 0 aliphatic carbocycles. The minimum atomic E-state index is -0.197. The molecule has 0 bridgehead atoms. The molecule has 0 atom stereocenters. The number of pyridine rings is 1. The number of ketones is 1. The monoisotopic (exact) mass is 341 g/mol. The second kappa shape index (κ2) is 6.90. The van der Waals surface area contributed by atoms with E-state index in [1.165, 1.54) is 0 Å². The summed E-state index contributed by atoms with van der Waals surface area (Å²) in [6.45, 7) is 0.597. The zero-order valence-electron chi connectivity index (χ0n) is 13.3. The van der Waals surface area contributed by atoms with Crippen LogP contribution in [-0.4, -0.2) is 44.5 Å². The Labute approximate surface area is 144 Å². The van der Waals surface area contributed by atoms with E-state index in [1.807, 2.05) is 19.0 Å². The minimum absolute atomic E-state index is 0.197. The molecule has 0 saturated heterocycles. The summed E-state index contributed by atoms with van der Waals surface area (Å²) in [5, 5.41) is 8.60. The Bertz CT molecular complexity index is 860. The average Bonchev–Trinajstić information content (AvgIpc) is 3.02. The summed E-state index contributed by atoms with van der Waals surface area (Å²) >= 11 is 6.11. The Morgan fingerprint density at radius 2 is 2.08 bits per heavy atom. The Morgan fingerprint density at radius 3 is 2.79 bits per heavy atom. The molecular formula is C17H16ClN5O. The molecule has 7 heteroatoms. The van der Waals surface area contributed by atoms with Gasteiger partial charge in [0.1, 0.15) is 12.0 Å². The van der Waals surface area contributed by atoms with Crippen molar-refractivity contribution in [1.82, 2.24) is 24.6 Å². The lowest BCUT2D eigenvalue weighted by molar-refractivity contribution is 0.103. The molecule has 0 saturated carbocycles. The zero-order chi connectivity index (χ0) is 17.1. The van der Waals surface area contributed by atoms with Gasteiger partial charge in [0.2, 0.25) is 5.78 Å². The Balaban J connectivity index is 2.10. The molecule has 0 N–H and O–H groups in total. The molecule has 2 aromatic heterocycles. The van der Waals surface area contributed by atoms with Crippen molar-refractivity contribution in [2.24, 2.45) is 0 Å². The molecule has 24 heavy (non-hydrogen) atoms. The SMILES string of the molecule is CN(C)Cc1nncn1-c1ccc(Cl)cc1C(=O)c1ccccn1. The summed E-state index contributed by atoms with van der Waals surface area (Å²) in [6.07, 6.45) is 3.19. The van der Waals surface area contributed by atoms with E-state index in [9.17, 15) is 4.79 Å². The maximum absolute atomic E-state index is 12.9. The molecule has 1 aromatic carbocycles. The fourth-order valence-electron chi connectivity index (χ4n) is 2.39. The lowest BCUT2D eigenvalue weighted by atomic mass is 10.1. The van der Waals surface area contributed by atoms with Crippen LogP contribution in [0.25, 0.3) is 5.69 Å². The van der Waals surface area contributed by atoms with Crippen molar-refractivity contribution in [3.8, 4) is 5.69 Å². The second-order valence-electron chi connectivity index (χ2n) is 5.56. The van der Waals surface area contributed by atoms with Gasteiger partial charge in [-0.25, -0.2) is 0 Å². The van der Waals surface area contributed by atoms with Crippen molar-refractivity contribution in [3.05, 3.63) is 71.0 Å². The quantitative estimate of drug-likeness (QED) is 0.667. The molecule has 3 aromatic rings. The summed E-state index contributed by atoms with van der Waals surface area (Å²) in [5.74, 6) is 0.537. The summed E-state index contributed by atoms with van der Waals surface area (Å²) in [4.78, 5) is 19.0. The maximum atomic E-state index is 12.9. The summed E-state index contributed by atoms with van der Waals surface area (Å²) in [7, 11) is 3.89. The molecule has 0 spiro atoms. The normalized spacial score (nSPS) is 11.0. The van der Waals surface area contributed by atoms with Crippen LogP contribution < -0.4 is 0 Å². The van der Waals surface area contributed by atoms with Gasteiger partial charge in [-0.05, 0) is 44.4 Å². The van der Waals surface area contributed by atoms with Crippen LogP contribution in [0.2, 0.25) is 5.02 Å². The van der Waals surface area contributed by atoms with Crippen molar-refractivity contribution < 1.29 is 4.79 Å². The highest BCUT2D eigenvalue weighted by molar-refractivity contribution is 6.31. The number of nitrogens with zero attached hydrogens (tertiary/aromatic N) is 5. The van der Waals surface area contributed by atoms with E-state index in [1.54, 1.807) is 53.5 Å². The van der Waals surface area contributed by atoms with Crippen LogP contribution in [0.3, 0.4) is 0 Å². The molecule has 0 unspecified atom stereocenters. The predicted molar refractivity (Wildman–Crippen MR) is 91.4 cm³/mol. The van der Waals surface area contributed by atoms with Crippen molar-refractivity contribution >= 4 is 17.4 Å². The maximum Gasteiger partial charge on any atom is 0.213 e. The van der Waals surface area contributed by atoms with Gasteiger partial charge in [0.15, 0.2) is 5.82 Å². The predicted octanol–water partition coefficient (Wildman–Crippen LogP) is 2.61. The largest absolute Gasteiger partial charge is 0.302 e. The molecule has 0 amide bonds. The standard InChI is InChI=1S/C17H16ClN5O/c1-22(2)10-16-21-20-11-23(16)15-7-6-12(18)9-13(15)17(24)14-5-3-4-8-19-14/h3-9,11H,10H2,1-2H3. The molecule has 122 valence electrons. The van der Waals surface area contributed by atoms with Crippen molar-refractivity contribution in [2.75, 3.05) is 14.1 Å². The third kappa shape index (κ3) is 3.34. The van der Waals surface area contributed by atoms with Crippen LogP contribution in [0, 0.1) is 0 Å². The van der Waals surface area contributed by atoms with E-state index in [4.69, 9.17) is 11.6 Å². The van der Waals surface area contributed by atoms with Crippen LogP contribution in [0.1, 0.15) is 21.9 Å². The molecular weight excluding hydrogens is 326 g/mol. The van der Waals surface area contributed by atoms with Crippen LogP contribution in [0.4, 0.5) is 0 Å². The van der Waals surface area contributed by atoms with Crippen LogP contribution in [-0.2, 0) is 6.54 Å². The Kier molecular flexibility index (Phi) is 4.69. The minimum Gasteiger partial charge on any atom is -0.302 e. The lowest BCUT2D eigenvalue weighted by Gasteiger charge is -2.14. The number of hydrogen-bond donors (Lipinski definition) is 0. The molecule has 0 radical (unpaired) electrons. The first-order valence-corrected chi connectivity index (χ1v) is 7.73. The van der Waals surface area contributed by atoms with E-state index in [0.29, 0.717) is 28.5 Å². The van der Waals surface area contributed by atoms with E-state index in [2.05, 4.69) is 15.2 Å². The third-order valence-electron chi connectivity index (χ3n) is 3.44. The highest BCUT2D eigenvalue weighted by atomic mass is 35.5. The fourth-order valence-corrected chi connectivity index (χ4v) is 2.56. The van der Waals surface area contributed by atoms with Gasteiger partial charge in [-0.1, -0.05) is 17.7 Å². The highest BCUT2D eigenvalue weighted by Crippen LogP contribution is 2.23. The van der Waals surface area contributed by atoms with E-state index in [-0.39, 0.29) is 5.78 Å². The van der Waals surface area contributed by atoms with Crippen LogP contribution in [0.15, 0.2) is 48.9 Å². The smallest absolute Gasteiger partial charge is 0.213 e. The van der Waals surface area contributed by atoms with Crippen molar-refractivity contribution in [1.29, 1.82) is 0 Å². The van der Waals surface area contributed by atoms with Crippen molar-refractivity contribution in [3.63, 3.8) is 0 Å². The topological polar surface area (TPSA) is 63.9 Å². The summed E-state index contributed by atoms with van der Waals surface area (Å²) < 4.78 is 1.80. The van der Waals surface area contributed by atoms with Gasteiger partial charge in [0.05, 0.1) is 12.2 Å². The van der Waals surface area contributed by atoms with E-state index in [0.717, 1.165) is 5.82 Å². The van der Waals surface area contributed by atoms with Gasteiger partial charge in [-0.3, -0.25) is 14.3 Å². The number of benzene rings is 1. The van der Waals surface area contributed by atoms with Gasteiger partial charge in [-0.2, -0.15) is 0 Å². The lowest BCUT2D eigenvalue weighted by Crippen LogP contribution is -2.16. The number of hydrogen-bond acceptors (Lipinski definition) is 5. The number of carbonyl (C=O) groups is 1.